The van der Waals surface area contributed by atoms with Gasteiger partial charge in [0.2, 0.25) is 0 Å². The molecule has 0 aliphatic heterocycles. The summed E-state index contributed by atoms with van der Waals surface area (Å²) < 4.78 is 0. The number of aromatic nitrogens is 2. The van der Waals surface area contributed by atoms with E-state index in [-0.39, 0.29) is 5.91 Å². The molecule has 0 saturated heterocycles. The highest BCUT2D eigenvalue weighted by atomic mass is 16.1. The number of nitrogens with one attached hydrogen (secondary N) is 2. The molecule has 3 aromatic rings. The fourth-order valence-electron chi connectivity index (χ4n) is 2.65. The molecule has 26 heavy (non-hydrogen) atoms. The van der Waals surface area contributed by atoms with E-state index in [1.165, 1.54) is 5.56 Å². The van der Waals surface area contributed by atoms with Gasteiger partial charge in [-0.05, 0) is 47.4 Å². The molecule has 2 aromatic heterocycles. The van der Waals surface area contributed by atoms with Crippen LogP contribution in [0.5, 0.6) is 0 Å². The van der Waals surface area contributed by atoms with E-state index in [1.807, 2.05) is 36.4 Å². The minimum atomic E-state index is -0.198. The number of hydrogen-bond donors (Lipinski definition) is 2. The predicted octanol–water partition coefficient (Wildman–Crippen LogP) is 4.27. The highest BCUT2D eigenvalue weighted by Crippen LogP contribution is 2.26. The molecule has 0 saturated carbocycles. The van der Waals surface area contributed by atoms with Gasteiger partial charge in [-0.3, -0.25) is 9.78 Å². The zero-order valence-corrected chi connectivity index (χ0v) is 14.9. The van der Waals surface area contributed by atoms with Crippen LogP contribution in [0.1, 0.15) is 41.4 Å². The summed E-state index contributed by atoms with van der Waals surface area (Å²) in [5, 5.41) is 6.24. The number of pyridine rings is 2. The Labute approximate surface area is 153 Å². The summed E-state index contributed by atoms with van der Waals surface area (Å²) in [4.78, 5) is 20.5. The van der Waals surface area contributed by atoms with Crippen molar-refractivity contribution in [3.05, 3.63) is 83.9 Å². The first kappa shape index (κ1) is 17.6. The molecular weight excluding hydrogens is 324 g/mol. The summed E-state index contributed by atoms with van der Waals surface area (Å²) in [6.45, 7) is 4.77. The molecule has 132 valence electrons. The average molecular weight is 346 g/mol. The molecule has 2 heterocycles. The van der Waals surface area contributed by atoms with Crippen LogP contribution in [0.25, 0.3) is 0 Å². The zero-order valence-electron chi connectivity index (χ0n) is 14.9. The van der Waals surface area contributed by atoms with Gasteiger partial charge in [-0.2, -0.15) is 0 Å². The van der Waals surface area contributed by atoms with Gasteiger partial charge < -0.3 is 10.6 Å². The van der Waals surface area contributed by atoms with E-state index < -0.39 is 0 Å². The molecule has 3 rings (SSSR count). The Bertz CT molecular complexity index is 861. The largest absolute Gasteiger partial charge is 0.354 e. The average Bonchev–Trinajstić information content (AvgIpc) is 2.68. The topological polar surface area (TPSA) is 66.9 Å². The second-order valence-corrected chi connectivity index (χ2v) is 6.34. The van der Waals surface area contributed by atoms with E-state index in [0.717, 1.165) is 16.9 Å². The van der Waals surface area contributed by atoms with Gasteiger partial charge in [0.25, 0.3) is 5.91 Å². The van der Waals surface area contributed by atoms with E-state index in [4.69, 9.17) is 0 Å². The fourth-order valence-corrected chi connectivity index (χ4v) is 2.65. The number of nitrogens with zero attached hydrogens (tertiary/aromatic N) is 2. The summed E-state index contributed by atoms with van der Waals surface area (Å²) >= 11 is 0. The van der Waals surface area contributed by atoms with Crippen molar-refractivity contribution >= 4 is 17.3 Å². The van der Waals surface area contributed by atoms with Gasteiger partial charge in [0.1, 0.15) is 5.69 Å². The highest BCUT2D eigenvalue weighted by molar-refractivity contribution is 5.92. The van der Waals surface area contributed by atoms with Crippen LogP contribution in [0.4, 0.5) is 11.4 Å². The molecule has 0 aliphatic rings. The monoisotopic (exact) mass is 346 g/mol. The molecule has 1 amide bonds. The molecule has 1 aromatic carbocycles. The van der Waals surface area contributed by atoms with E-state index in [1.54, 1.807) is 24.7 Å². The lowest BCUT2D eigenvalue weighted by Gasteiger charge is -2.14. The molecule has 0 bridgehead atoms. The molecule has 0 atom stereocenters. The van der Waals surface area contributed by atoms with Crippen LogP contribution in [0.15, 0.2) is 67.1 Å². The Kier molecular flexibility index (Phi) is 5.59. The maximum atomic E-state index is 12.2. The number of hydrogen-bond acceptors (Lipinski definition) is 4. The van der Waals surface area contributed by atoms with Gasteiger partial charge in [-0.25, -0.2) is 4.98 Å². The lowest BCUT2D eigenvalue weighted by atomic mass is 10.0. The van der Waals surface area contributed by atoms with Gasteiger partial charge in [-0.15, -0.1) is 0 Å². The minimum absolute atomic E-state index is 0.198. The Morgan fingerprint density at radius 2 is 1.81 bits per heavy atom. The van der Waals surface area contributed by atoms with Crippen LogP contribution >= 0.6 is 0 Å². The smallest absolute Gasteiger partial charge is 0.270 e. The first-order chi connectivity index (χ1) is 12.6. The number of carbonyl (C=O) groups excluding carboxylic acids is 1. The summed E-state index contributed by atoms with van der Waals surface area (Å²) in [5.41, 5.74) is 4.54. The van der Waals surface area contributed by atoms with Crippen LogP contribution in [0.3, 0.4) is 0 Å². The second kappa shape index (κ2) is 8.25. The molecule has 0 radical (unpaired) electrons. The molecular formula is C21H22N4O. The first-order valence-corrected chi connectivity index (χ1v) is 8.62. The van der Waals surface area contributed by atoms with Crippen molar-refractivity contribution in [2.75, 3.05) is 5.32 Å². The molecule has 0 spiro atoms. The van der Waals surface area contributed by atoms with E-state index >= 15 is 0 Å². The van der Waals surface area contributed by atoms with Gasteiger partial charge in [0.15, 0.2) is 0 Å². The van der Waals surface area contributed by atoms with Crippen molar-refractivity contribution in [3.8, 4) is 0 Å². The Morgan fingerprint density at radius 1 is 1.04 bits per heavy atom. The van der Waals surface area contributed by atoms with Crippen LogP contribution < -0.4 is 10.6 Å². The fraction of sp³-hybridized carbons (Fsp3) is 0.190. The molecule has 0 fully saturated rings. The summed E-state index contributed by atoms with van der Waals surface area (Å²) in [6, 6.07) is 15.5. The van der Waals surface area contributed by atoms with Gasteiger partial charge >= 0.3 is 0 Å². The second-order valence-electron chi connectivity index (χ2n) is 6.34. The third-order valence-electron chi connectivity index (χ3n) is 4.06. The number of carbonyl (C=O) groups is 1. The van der Waals surface area contributed by atoms with Crippen molar-refractivity contribution < 1.29 is 4.79 Å². The van der Waals surface area contributed by atoms with Crippen molar-refractivity contribution in [3.63, 3.8) is 0 Å². The maximum absolute atomic E-state index is 12.2. The number of benzene rings is 1. The van der Waals surface area contributed by atoms with E-state index in [2.05, 4.69) is 40.5 Å². The van der Waals surface area contributed by atoms with Crippen LogP contribution in [0, 0.1) is 0 Å². The molecule has 5 nitrogen and oxygen atoms in total. The third-order valence-corrected chi connectivity index (χ3v) is 4.06. The number of rotatable bonds is 6. The number of amides is 1. The van der Waals surface area contributed by atoms with Crippen molar-refractivity contribution in [2.45, 2.75) is 26.3 Å². The van der Waals surface area contributed by atoms with Gasteiger partial charge in [0, 0.05) is 24.6 Å². The predicted molar refractivity (Wildman–Crippen MR) is 103 cm³/mol. The summed E-state index contributed by atoms with van der Waals surface area (Å²) in [7, 11) is 0. The lowest BCUT2D eigenvalue weighted by Crippen LogP contribution is -2.23. The molecule has 0 unspecified atom stereocenters. The van der Waals surface area contributed by atoms with Gasteiger partial charge in [0.05, 0.1) is 11.9 Å². The van der Waals surface area contributed by atoms with Crippen LogP contribution in [-0.4, -0.2) is 15.9 Å². The van der Waals surface area contributed by atoms with E-state index in [9.17, 15) is 4.79 Å². The lowest BCUT2D eigenvalue weighted by molar-refractivity contribution is 0.0946. The van der Waals surface area contributed by atoms with Crippen molar-refractivity contribution in [2.24, 2.45) is 0 Å². The first-order valence-electron chi connectivity index (χ1n) is 8.62. The maximum Gasteiger partial charge on any atom is 0.270 e. The standard InChI is InChI=1S/C21H22N4O/c1-15(2)18-5-3-4-6-19(18)25-17-7-8-20(23-14-17)21(26)24-13-16-9-11-22-12-10-16/h3-12,14-15,25H,13H2,1-2H3,(H,24,26). The van der Waals surface area contributed by atoms with Crippen molar-refractivity contribution in [1.82, 2.24) is 15.3 Å². The Balaban J connectivity index is 1.64. The SMILES string of the molecule is CC(C)c1ccccc1Nc1ccc(C(=O)NCc2ccncc2)nc1. The highest BCUT2D eigenvalue weighted by Gasteiger charge is 2.09. The number of anilines is 2. The van der Waals surface area contributed by atoms with Crippen LogP contribution in [-0.2, 0) is 6.54 Å². The van der Waals surface area contributed by atoms with Crippen molar-refractivity contribution in [1.29, 1.82) is 0 Å². The Hall–Kier alpha value is -3.21. The number of para-hydroxylation sites is 1. The summed E-state index contributed by atoms with van der Waals surface area (Å²) in [6.07, 6.45) is 5.09. The Morgan fingerprint density at radius 3 is 2.50 bits per heavy atom. The van der Waals surface area contributed by atoms with E-state index in [0.29, 0.717) is 18.2 Å². The minimum Gasteiger partial charge on any atom is -0.354 e. The quantitative estimate of drug-likeness (QED) is 0.699. The van der Waals surface area contributed by atoms with Crippen LogP contribution in [0.2, 0.25) is 0 Å². The zero-order chi connectivity index (χ0) is 18.4. The molecule has 0 aliphatic carbocycles. The van der Waals surface area contributed by atoms with Gasteiger partial charge in [-0.1, -0.05) is 32.0 Å². The normalized spacial score (nSPS) is 10.6. The molecule has 5 heteroatoms. The molecule has 2 N–H and O–H groups in total. The third kappa shape index (κ3) is 4.45. The summed E-state index contributed by atoms with van der Waals surface area (Å²) in [5.74, 6) is 0.223.